The number of rotatable bonds is 4. The third kappa shape index (κ3) is 4.21. The molecule has 5 heteroatoms. The van der Waals surface area contributed by atoms with Gasteiger partial charge in [-0.15, -0.1) is 0 Å². The predicted molar refractivity (Wildman–Crippen MR) is 95.8 cm³/mol. The first kappa shape index (κ1) is 16.2. The van der Waals surface area contributed by atoms with Crippen molar-refractivity contribution in [2.45, 2.75) is 6.04 Å². The van der Waals surface area contributed by atoms with E-state index in [9.17, 15) is 4.79 Å². The van der Waals surface area contributed by atoms with Crippen LogP contribution in [0.3, 0.4) is 0 Å². The molecule has 1 aromatic heterocycles. The van der Waals surface area contributed by atoms with Gasteiger partial charge in [0.05, 0.1) is 17.7 Å². The molecule has 0 radical (unpaired) electrons. The molecule has 0 aliphatic heterocycles. The molecule has 0 saturated carbocycles. The Morgan fingerprint density at radius 2 is 1.68 bits per heavy atom. The fraction of sp³-hybridized carbons (Fsp3) is 0.0500. The molecule has 2 N–H and O–H groups in total. The summed E-state index contributed by atoms with van der Waals surface area (Å²) in [6.07, 6.45) is 3.39. The summed E-state index contributed by atoms with van der Waals surface area (Å²) >= 11 is 0. The summed E-state index contributed by atoms with van der Waals surface area (Å²) in [5.74, 6) is 0. The van der Waals surface area contributed by atoms with E-state index in [2.05, 4.69) is 21.7 Å². The Kier molecular flexibility index (Phi) is 5.03. The monoisotopic (exact) mass is 328 g/mol. The number of pyridine rings is 1. The summed E-state index contributed by atoms with van der Waals surface area (Å²) in [5, 5.41) is 14.7. The van der Waals surface area contributed by atoms with Gasteiger partial charge in [0.2, 0.25) is 0 Å². The van der Waals surface area contributed by atoms with Crippen LogP contribution < -0.4 is 10.6 Å². The molecule has 1 heterocycles. The number of amides is 2. The van der Waals surface area contributed by atoms with Crippen LogP contribution in [0.1, 0.15) is 22.7 Å². The number of hydrogen-bond acceptors (Lipinski definition) is 3. The van der Waals surface area contributed by atoms with Crippen molar-refractivity contribution >= 4 is 11.7 Å². The van der Waals surface area contributed by atoms with Gasteiger partial charge in [0.15, 0.2) is 0 Å². The predicted octanol–water partition coefficient (Wildman–Crippen LogP) is 3.86. The SMILES string of the molecule is N#Cc1cccc(NC(=O)NC(c2ccccc2)c2ccncc2)c1. The molecular formula is C20H16N4O. The molecule has 0 aliphatic carbocycles. The molecule has 25 heavy (non-hydrogen) atoms. The molecular weight excluding hydrogens is 312 g/mol. The van der Waals surface area contributed by atoms with E-state index >= 15 is 0 Å². The van der Waals surface area contributed by atoms with Crippen molar-refractivity contribution in [3.05, 3.63) is 95.8 Å². The minimum atomic E-state index is -0.347. The Bertz CT molecular complexity index is 849. The highest BCUT2D eigenvalue weighted by atomic mass is 16.2. The van der Waals surface area contributed by atoms with Gasteiger partial charge in [-0.3, -0.25) is 4.98 Å². The number of nitrogens with zero attached hydrogens (tertiary/aromatic N) is 2. The van der Waals surface area contributed by atoms with Crippen molar-refractivity contribution in [1.29, 1.82) is 5.26 Å². The fourth-order valence-electron chi connectivity index (χ4n) is 2.53. The van der Waals surface area contributed by atoms with Gasteiger partial charge in [0, 0.05) is 18.1 Å². The third-order valence-corrected chi connectivity index (χ3v) is 3.70. The van der Waals surface area contributed by atoms with Crippen molar-refractivity contribution in [3.8, 4) is 6.07 Å². The van der Waals surface area contributed by atoms with Crippen LogP contribution in [0.5, 0.6) is 0 Å². The summed E-state index contributed by atoms with van der Waals surface area (Å²) in [4.78, 5) is 16.5. The van der Waals surface area contributed by atoms with Crippen LogP contribution in [-0.4, -0.2) is 11.0 Å². The van der Waals surface area contributed by atoms with Gasteiger partial charge in [-0.25, -0.2) is 4.79 Å². The van der Waals surface area contributed by atoms with Crippen LogP contribution in [0.25, 0.3) is 0 Å². The zero-order valence-corrected chi connectivity index (χ0v) is 13.4. The normalized spacial score (nSPS) is 11.2. The average molecular weight is 328 g/mol. The first-order valence-electron chi connectivity index (χ1n) is 7.79. The van der Waals surface area contributed by atoms with Crippen LogP contribution in [0.4, 0.5) is 10.5 Å². The van der Waals surface area contributed by atoms with Crippen molar-refractivity contribution in [1.82, 2.24) is 10.3 Å². The van der Waals surface area contributed by atoms with Crippen molar-refractivity contribution < 1.29 is 4.79 Å². The number of aromatic nitrogens is 1. The molecule has 0 saturated heterocycles. The summed E-state index contributed by atoms with van der Waals surface area (Å²) in [6.45, 7) is 0. The number of anilines is 1. The van der Waals surface area contributed by atoms with Gasteiger partial charge < -0.3 is 10.6 Å². The van der Waals surface area contributed by atoms with Crippen molar-refractivity contribution in [2.24, 2.45) is 0 Å². The van der Waals surface area contributed by atoms with Gasteiger partial charge in [0.1, 0.15) is 0 Å². The quantitative estimate of drug-likeness (QED) is 0.763. The summed E-state index contributed by atoms with van der Waals surface area (Å²) in [5.41, 5.74) is 2.96. The molecule has 1 atom stereocenters. The molecule has 122 valence electrons. The maximum atomic E-state index is 12.4. The van der Waals surface area contributed by atoms with Crippen molar-refractivity contribution in [3.63, 3.8) is 0 Å². The van der Waals surface area contributed by atoms with Gasteiger partial charge in [-0.2, -0.15) is 5.26 Å². The molecule has 3 aromatic rings. The summed E-state index contributed by atoms with van der Waals surface area (Å²) < 4.78 is 0. The standard InChI is InChI=1S/C20H16N4O/c21-14-15-5-4-8-18(13-15)23-20(25)24-19(16-6-2-1-3-7-16)17-9-11-22-12-10-17/h1-13,19H,(H2,23,24,25). The number of urea groups is 1. The Labute approximate surface area is 146 Å². The third-order valence-electron chi connectivity index (χ3n) is 3.70. The van der Waals surface area contributed by atoms with Crippen LogP contribution in [0.15, 0.2) is 79.1 Å². The summed E-state index contributed by atoms with van der Waals surface area (Å²) in [6, 6.07) is 21.6. The average Bonchev–Trinajstić information content (AvgIpc) is 2.67. The lowest BCUT2D eigenvalue weighted by Crippen LogP contribution is -2.33. The molecule has 0 fully saturated rings. The second kappa shape index (κ2) is 7.75. The number of benzene rings is 2. The maximum Gasteiger partial charge on any atom is 0.319 e. The fourth-order valence-corrected chi connectivity index (χ4v) is 2.53. The zero-order chi connectivity index (χ0) is 17.5. The molecule has 2 amide bonds. The Hall–Kier alpha value is -3.65. The lowest BCUT2D eigenvalue weighted by atomic mass is 10.00. The van der Waals surface area contributed by atoms with Crippen LogP contribution in [0, 0.1) is 11.3 Å². The van der Waals surface area contributed by atoms with Crippen LogP contribution in [-0.2, 0) is 0 Å². The smallest absolute Gasteiger partial charge is 0.319 e. The lowest BCUT2D eigenvalue weighted by Gasteiger charge is -2.20. The minimum absolute atomic E-state index is 0.302. The Morgan fingerprint density at radius 3 is 2.40 bits per heavy atom. The molecule has 0 bridgehead atoms. The highest BCUT2D eigenvalue weighted by Crippen LogP contribution is 2.21. The molecule has 0 spiro atoms. The second-order valence-electron chi connectivity index (χ2n) is 5.42. The number of carbonyl (C=O) groups excluding carboxylic acids is 1. The van der Waals surface area contributed by atoms with E-state index < -0.39 is 0 Å². The Morgan fingerprint density at radius 1 is 0.960 bits per heavy atom. The largest absolute Gasteiger partial charge is 0.327 e. The molecule has 2 aromatic carbocycles. The van der Waals surface area contributed by atoms with Crippen LogP contribution in [0.2, 0.25) is 0 Å². The van der Waals surface area contributed by atoms with E-state index in [0.717, 1.165) is 11.1 Å². The van der Waals surface area contributed by atoms with E-state index in [4.69, 9.17) is 5.26 Å². The number of nitriles is 1. The molecule has 3 rings (SSSR count). The molecule has 1 unspecified atom stereocenters. The Balaban J connectivity index is 1.80. The number of carbonyl (C=O) groups is 1. The van der Waals surface area contributed by atoms with Gasteiger partial charge >= 0.3 is 6.03 Å². The number of nitrogens with one attached hydrogen (secondary N) is 2. The summed E-state index contributed by atoms with van der Waals surface area (Å²) in [7, 11) is 0. The highest BCUT2D eigenvalue weighted by Gasteiger charge is 2.16. The molecule has 0 aliphatic rings. The first-order valence-corrected chi connectivity index (χ1v) is 7.79. The minimum Gasteiger partial charge on any atom is -0.327 e. The number of hydrogen-bond donors (Lipinski definition) is 2. The first-order chi connectivity index (χ1) is 12.3. The second-order valence-corrected chi connectivity index (χ2v) is 5.42. The highest BCUT2D eigenvalue weighted by molar-refractivity contribution is 5.90. The van der Waals surface area contributed by atoms with Crippen molar-refractivity contribution in [2.75, 3.05) is 5.32 Å². The zero-order valence-electron chi connectivity index (χ0n) is 13.4. The topological polar surface area (TPSA) is 77.8 Å². The maximum absolute atomic E-state index is 12.4. The van der Waals surface area contributed by atoms with Gasteiger partial charge in [-0.1, -0.05) is 36.4 Å². The van der Waals surface area contributed by atoms with E-state index in [1.54, 1.807) is 36.7 Å². The van der Waals surface area contributed by atoms with E-state index in [1.165, 1.54) is 0 Å². The van der Waals surface area contributed by atoms with Gasteiger partial charge in [0.25, 0.3) is 0 Å². The molecule has 5 nitrogen and oxygen atoms in total. The van der Waals surface area contributed by atoms with Gasteiger partial charge in [-0.05, 0) is 41.5 Å². The van der Waals surface area contributed by atoms with E-state index in [0.29, 0.717) is 11.3 Å². The van der Waals surface area contributed by atoms with E-state index in [-0.39, 0.29) is 12.1 Å². The van der Waals surface area contributed by atoms with Crippen LogP contribution >= 0.6 is 0 Å². The van der Waals surface area contributed by atoms with E-state index in [1.807, 2.05) is 42.5 Å². The lowest BCUT2D eigenvalue weighted by molar-refractivity contribution is 0.250.